The number of carbonyl (C=O) groups excluding carboxylic acids is 1. The third-order valence-corrected chi connectivity index (χ3v) is 3.63. The number of rotatable bonds is 1. The SMILES string of the molecule is Nc1cnc(C(=O)N2CCS(=O)CC2)cn1. The van der Waals surface area contributed by atoms with Crippen LogP contribution in [0, 0.1) is 0 Å². The quantitative estimate of drug-likeness (QED) is 0.698. The van der Waals surface area contributed by atoms with E-state index in [-0.39, 0.29) is 17.4 Å². The van der Waals surface area contributed by atoms with Gasteiger partial charge >= 0.3 is 0 Å². The Morgan fingerprint density at radius 1 is 1.31 bits per heavy atom. The van der Waals surface area contributed by atoms with Gasteiger partial charge in [-0.1, -0.05) is 0 Å². The number of nitrogens with two attached hydrogens (primary N) is 1. The van der Waals surface area contributed by atoms with Crippen molar-refractivity contribution in [1.82, 2.24) is 14.9 Å². The summed E-state index contributed by atoms with van der Waals surface area (Å²) in [7, 11) is -0.787. The number of hydrogen-bond acceptors (Lipinski definition) is 5. The van der Waals surface area contributed by atoms with Gasteiger partial charge in [-0.2, -0.15) is 0 Å². The highest BCUT2D eigenvalue weighted by atomic mass is 32.2. The number of nitrogens with zero attached hydrogens (tertiary/aromatic N) is 3. The molecule has 0 saturated carbocycles. The molecule has 1 aliphatic rings. The molecular weight excluding hydrogens is 228 g/mol. The van der Waals surface area contributed by atoms with Crippen molar-refractivity contribution in [2.24, 2.45) is 0 Å². The van der Waals surface area contributed by atoms with Gasteiger partial charge in [0.25, 0.3) is 5.91 Å². The molecule has 1 aromatic heterocycles. The Labute approximate surface area is 95.3 Å². The van der Waals surface area contributed by atoms with Gasteiger partial charge in [-0.3, -0.25) is 9.00 Å². The van der Waals surface area contributed by atoms with Crippen LogP contribution < -0.4 is 5.73 Å². The van der Waals surface area contributed by atoms with Gasteiger partial charge in [-0.05, 0) is 0 Å². The number of amides is 1. The highest BCUT2D eigenvalue weighted by Crippen LogP contribution is 2.06. The molecule has 1 aromatic rings. The van der Waals surface area contributed by atoms with Crippen molar-refractivity contribution in [2.45, 2.75) is 0 Å². The summed E-state index contributed by atoms with van der Waals surface area (Å²) in [5, 5.41) is 0. The van der Waals surface area contributed by atoms with Crippen LogP contribution in [0.2, 0.25) is 0 Å². The van der Waals surface area contributed by atoms with E-state index in [1.807, 2.05) is 0 Å². The second kappa shape index (κ2) is 4.56. The van der Waals surface area contributed by atoms with E-state index in [0.29, 0.717) is 24.6 Å². The first-order chi connectivity index (χ1) is 7.66. The summed E-state index contributed by atoms with van der Waals surface area (Å²) in [6.07, 6.45) is 2.72. The molecule has 86 valence electrons. The van der Waals surface area contributed by atoms with Crippen LogP contribution in [-0.2, 0) is 10.8 Å². The molecule has 1 amide bonds. The van der Waals surface area contributed by atoms with Gasteiger partial charge in [0.2, 0.25) is 0 Å². The zero-order valence-electron chi connectivity index (χ0n) is 8.63. The first-order valence-corrected chi connectivity index (χ1v) is 6.37. The Hall–Kier alpha value is -1.50. The summed E-state index contributed by atoms with van der Waals surface area (Å²) in [6.45, 7) is 1.02. The smallest absolute Gasteiger partial charge is 0.274 e. The largest absolute Gasteiger partial charge is 0.382 e. The first kappa shape index (κ1) is 11.0. The summed E-state index contributed by atoms with van der Waals surface area (Å²) in [5.74, 6) is 1.18. The van der Waals surface area contributed by atoms with Crippen molar-refractivity contribution in [2.75, 3.05) is 30.3 Å². The Kier molecular flexibility index (Phi) is 3.14. The van der Waals surface area contributed by atoms with Crippen LogP contribution in [0.1, 0.15) is 10.5 Å². The molecule has 0 unspecified atom stereocenters. The molecule has 1 aliphatic heterocycles. The average Bonchev–Trinajstić information content (AvgIpc) is 2.30. The molecular formula is C9H12N4O2S. The van der Waals surface area contributed by atoms with Gasteiger partial charge in [0.05, 0.1) is 12.4 Å². The van der Waals surface area contributed by atoms with Crippen LogP contribution in [0.25, 0.3) is 0 Å². The minimum Gasteiger partial charge on any atom is -0.382 e. The molecule has 2 rings (SSSR count). The minimum absolute atomic E-state index is 0.177. The van der Waals surface area contributed by atoms with E-state index >= 15 is 0 Å². The molecule has 2 heterocycles. The maximum absolute atomic E-state index is 11.9. The molecule has 0 aromatic carbocycles. The lowest BCUT2D eigenvalue weighted by molar-refractivity contribution is 0.0765. The standard InChI is InChI=1S/C9H12N4O2S/c10-8-6-11-7(5-12-8)9(14)13-1-3-16(15)4-2-13/h5-6H,1-4H2,(H2,10,12). The summed E-state index contributed by atoms with van der Waals surface area (Å²) in [5.41, 5.74) is 5.66. The molecule has 0 aliphatic carbocycles. The van der Waals surface area contributed by atoms with Crippen LogP contribution in [0.4, 0.5) is 5.82 Å². The summed E-state index contributed by atoms with van der Waals surface area (Å²) >= 11 is 0. The predicted molar refractivity (Wildman–Crippen MR) is 60.2 cm³/mol. The summed E-state index contributed by atoms with van der Waals surface area (Å²) in [4.78, 5) is 21.3. The zero-order chi connectivity index (χ0) is 11.5. The molecule has 2 N–H and O–H groups in total. The van der Waals surface area contributed by atoms with Crippen molar-refractivity contribution in [3.05, 3.63) is 18.1 Å². The summed E-state index contributed by atoms with van der Waals surface area (Å²) < 4.78 is 11.1. The van der Waals surface area contributed by atoms with E-state index in [4.69, 9.17) is 5.73 Å². The fourth-order valence-corrected chi connectivity index (χ4v) is 2.50. The average molecular weight is 240 g/mol. The summed E-state index contributed by atoms with van der Waals surface area (Å²) in [6, 6.07) is 0. The minimum atomic E-state index is -0.787. The monoisotopic (exact) mass is 240 g/mol. The van der Waals surface area contributed by atoms with Crippen molar-refractivity contribution in [3.8, 4) is 0 Å². The molecule has 0 spiro atoms. The van der Waals surface area contributed by atoms with Crippen LogP contribution in [-0.4, -0.2) is 49.6 Å². The topological polar surface area (TPSA) is 89.2 Å². The van der Waals surface area contributed by atoms with E-state index in [0.717, 1.165) is 0 Å². The third-order valence-electron chi connectivity index (χ3n) is 2.36. The molecule has 1 fully saturated rings. The van der Waals surface area contributed by atoms with Crippen LogP contribution >= 0.6 is 0 Å². The van der Waals surface area contributed by atoms with Gasteiger partial charge in [-0.25, -0.2) is 9.97 Å². The Morgan fingerprint density at radius 3 is 2.56 bits per heavy atom. The third kappa shape index (κ3) is 2.35. The van der Waals surface area contributed by atoms with Crippen LogP contribution in [0.5, 0.6) is 0 Å². The Bertz CT molecular complexity index is 410. The molecule has 0 radical (unpaired) electrons. The van der Waals surface area contributed by atoms with Crippen molar-refractivity contribution in [3.63, 3.8) is 0 Å². The highest BCUT2D eigenvalue weighted by molar-refractivity contribution is 7.85. The zero-order valence-corrected chi connectivity index (χ0v) is 9.44. The molecule has 0 atom stereocenters. The molecule has 7 heteroatoms. The number of hydrogen-bond donors (Lipinski definition) is 1. The van der Waals surface area contributed by atoms with Crippen molar-refractivity contribution >= 4 is 22.5 Å². The van der Waals surface area contributed by atoms with E-state index in [2.05, 4.69) is 9.97 Å². The van der Waals surface area contributed by atoms with Gasteiger partial charge in [0.15, 0.2) is 0 Å². The Morgan fingerprint density at radius 2 is 2.00 bits per heavy atom. The lowest BCUT2D eigenvalue weighted by Crippen LogP contribution is -2.42. The lowest BCUT2D eigenvalue weighted by Gasteiger charge is -2.25. The van der Waals surface area contributed by atoms with E-state index in [1.165, 1.54) is 12.4 Å². The second-order valence-electron chi connectivity index (χ2n) is 3.47. The van der Waals surface area contributed by atoms with Crippen molar-refractivity contribution in [1.29, 1.82) is 0 Å². The number of carbonyl (C=O) groups is 1. The number of anilines is 1. The van der Waals surface area contributed by atoms with Gasteiger partial charge in [0, 0.05) is 35.4 Å². The molecule has 1 saturated heterocycles. The van der Waals surface area contributed by atoms with E-state index in [9.17, 15) is 9.00 Å². The van der Waals surface area contributed by atoms with Crippen LogP contribution in [0.3, 0.4) is 0 Å². The fraction of sp³-hybridized carbons (Fsp3) is 0.444. The Balaban J connectivity index is 2.07. The normalized spacial score (nSPS) is 17.4. The second-order valence-corrected chi connectivity index (χ2v) is 5.16. The molecule has 0 bridgehead atoms. The maximum atomic E-state index is 11.9. The van der Waals surface area contributed by atoms with Gasteiger partial charge in [-0.15, -0.1) is 0 Å². The van der Waals surface area contributed by atoms with Gasteiger partial charge < -0.3 is 10.6 Å². The number of nitrogen functional groups attached to an aromatic ring is 1. The lowest BCUT2D eigenvalue weighted by atomic mass is 10.3. The van der Waals surface area contributed by atoms with Crippen LogP contribution in [0.15, 0.2) is 12.4 Å². The van der Waals surface area contributed by atoms with Crippen molar-refractivity contribution < 1.29 is 9.00 Å². The predicted octanol–water partition coefficient (Wildman–Crippen LogP) is -0.737. The highest BCUT2D eigenvalue weighted by Gasteiger charge is 2.22. The maximum Gasteiger partial charge on any atom is 0.274 e. The fourth-order valence-electron chi connectivity index (χ4n) is 1.45. The molecule has 6 nitrogen and oxygen atoms in total. The first-order valence-electron chi connectivity index (χ1n) is 4.88. The van der Waals surface area contributed by atoms with E-state index in [1.54, 1.807) is 4.90 Å². The van der Waals surface area contributed by atoms with Gasteiger partial charge in [0.1, 0.15) is 11.5 Å². The molecule has 16 heavy (non-hydrogen) atoms. The van der Waals surface area contributed by atoms with E-state index < -0.39 is 10.8 Å². The number of aromatic nitrogens is 2.